The van der Waals surface area contributed by atoms with E-state index in [9.17, 15) is 9.90 Å². The van der Waals surface area contributed by atoms with Gasteiger partial charge in [0.05, 0.1) is 11.6 Å². The second kappa shape index (κ2) is 6.23. The minimum Gasteiger partial charge on any atom is -0.478 e. The molecule has 122 valence electrons. The van der Waals surface area contributed by atoms with Crippen molar-refractivity contribution in [3.8, 4) is 0 Å². The van der Waals surface area contributed by atoms with Crippen LogP contribution in [0.5, 0.6) is 0 Å². The van der Waals surface area contributed by atoms with Gasteiger partial charge in [-0.2, -0.15) is 4.98 Å². The Morgan fingerprint density at radius 1 is 1.48 bits per heavy atom. The molecule has 3 heterocycles. The van der Waals surface area contributed by atoms with Gasteiger partial charge in [0.2, 0.25) is 5.89 Å². The third kappa shape index (κ3) is 3.10. The molecule has 1 saturated heterocycles. The van der Waals surface area contributed by atoms with Gasteiger partial charge in [-0.25, -0.2) is 4.79 Å². The number of aromatic nitrogens is 3. The zero-order valence-corrected chi connectivity index (χ0v) is 13.1. The highest BCUT2D eigenvalue weighted by atomic mass is 16.5. The van der Waals surface area contributed by atoms with Crippen LogP contribution in [0.25, 0.3) is 0 Å². The number of carboxylic acid groups (broad SMARTS) is 1. The van der Waals surface area contributed by atoms with Crippen LogP contribution < -0.4 is 9.80 Å². The third-order valence-electron chi connectivity index (χ3n) is 3.97. The number of carbonyl (C=O) groups is 1. The Labute approximate surface area is 133 Å². The van der Waals surface area contributed by atoms with Gasteiger partial charge < -0.3 is 19.4 Å². The van der Waals surface area contributed by atoms with Crippen LogP contribution >= 0.6 is 0 Å². The van der Waals surface area contributed by atoms with Crippen molar-refractivity contribution in [3.63, 3.8) is 0 Å². The molecule has 2 aromatic rings. The maximum Gasteiger partial charge on any atom is 0.339 e. The number of rotatable bonds is 4. The molecule has 2 aromatic heterocycles. The number of hydrogen-bond donors (Lipinski definition) is 1. The molecule has 0 aliphatic carbocycles. The maximum absolute atomic E-state index is 11.4. The normalized spacial score (nSPS) is 18.0. The van der Waals surface area contributed by atoms with Crippen LogP contribution in [0.1, 0.15) is 35.0 Å². The molecule has 0 saturated carbocycles. The summed E-state index contributed by atoms with van der Waals surface area (Å²) in [5, 5.41) is 13.3. The summed E-state index contributed by atoms with van der Waals surface area (Å²) in [5.74, 6) is 0.277. The van der Waals surface area contributed by atoms with E-state index < -0.39 is 5.97 Å². The van der Waals surface area contributed by atoms with Crippen LogP contribution in [0.4, 0.5) is 11.6 Å². The first-order chi connectivity index (χ1) is 11.1. The van der Waals surface area contributed by atoms with Crippen LogP contribution in [0, 0.1) is 0 Å². The highest BCUT2D eigenvalue weighted by molar-refractivity contribution is 5.94. The highest BCUT2D eigenvalue weighted by Gasteiger charge is 2.28. The number of piperidine rings is 1. The Morgan fingerprint density at radius 3 is 3.00 bits per heavy atom. The largest absolute Gasteiger partial charge is 0.478 e. The van der Waals surface area contributed by atoms with E-state index in [0.717, 1.165) is 19.4 Å². The molecule has 1 aliphatic heterocycles. The summed E-state index contributed by atoms with van der Waals surface area (Å²) in [7, 11) is 3.72. The first kappa shape index (κ1) is 15.3. The van der Waals surface area contributed by atoms with E-state index in [0.29, 0.717) is 24.1 Å². The molecule has 23 heavy (non-hydrogen) atoms. The predicted octanol–water partition coefficient (Wildman–Crippen LogP) is 1.61. The monoisotopic (exact) mass is 317 g/mol. The summed E-state index contributed by atoms with van der Waals surface area (Å²) in [4.78, 5) is 23.5. The maximum atomic E-state index is 11.4. The van der Waals surface area contributed by atoms with Crippen LogP contribution in [-0.4, -0.2) is 53.4 Å². The molecule has 1 atom stereocenters. The van der Waals surface area contributed by atoms with Gasteiger partial charge in [-0.3, -0.25) is 4.98 Å². The average molecular weight is 317 g/mol. The van der Waals surface area contributed by atoms with E-state index in [-0.39, 0.29) is 11.5 Å². The molecule has 1 fully saturated rings. The Morgan fingerprint density at radius 2 is 2.30 bits per heavy atom. The highest BCUT2D eigenvalue weighted by Crippen LogP contribution is 2.31. The molecule has 1 aliphatic rings. The smallest absolute Gasteiger partial charge is 0.339 e. The van der Waals surface area contributed by atoms with E-state index >= 15 is 0 Å². The fraction of sp³-hybridized carbons (Fsp3) is 0.467. The van der Waals surface area contributed by atoms with Crippen LogP contribution in [0.3, 0.4) is 0 Å². The van der Waals surface area contributed by atoms with Crippen molar-refractivity contribution < 1.29 is 14.4 Å². The SMILES string of the molecule is CN(C)c1noc(C2CCCN(c3ccncc3C(=O)O)C2)n1. The van der Waals surface area contributed by atoms with Gasteiger partial charge in [-0.05, 0) is 24.1 Å². The summed E-state index contributed by atoms with van der Waals surface area (Å²) in [6, 6.07) is 1.74. The van der Waals surface area contributed by atoms with Crippen molar-refractivity contribution >= 4 is 17.6 Å². The first-order valence-electron chi connectivity index (χ1n) is 7.49. The molecular formula is C15H19N5O3. The van der Waals surface area contributed by atoms with Crippen LogP contribution in [-0.2, 0) is 0 Å². The van der Waals surface area contributed by atoms with Gasteiger partial charge in [0.1, 0.15) is 5.56 Å². The molecule has 0 spiro atoms. The molecule has 8 heteroatoms. The number of anilines is 2. The Balaban J connectivity index is 1.82. The minimum atomic E-state index is -0.970. The van der Waals surface area contributed by atoms with E-state index in [1.165, 1.54) is 6.20 Å². The predicted molar refractivity (Wildman–Crippen MR) is 84.0 cm³/mol. The number of hydrogen-bond acceptors (Lipinski definition) is 7. The molecule has 0 aromatic carbocycles. The second-order valence-corrected chi connectivity index (χ2v) is 5.81. The average Bonchev–Trinajstić information content (AvgIpc) is 3.05. The van der Waals surface area contributed by atoms with Gasteiger partial charge in [0.15, 0.2) is 0 Å². The Hall–Kier alpha value is -2.64. The molecule has 0 radical (unpaired) electrons. The fourth-order valence-electron chi connectivity index (χ4n) is 2.80. The summed E-state index contributed by atoms with van der Waals surface area (Å²) in [6.45, 7) is 1.45. The number of carboxylic acids is 1. The lowest BCUT2D eigenvalue weighted by Gasteiger charge is -2.33. The van der Waals surface area contributed by atoms with E-state index in [2.05, 4.69) is 20.0 Å². The zero-order valence-electron chi connectivity index (χ0n) is 13.1. The molecule has 0 amide bonds. The van der Waals surface area contributed by atoms with Gasteiger partial charge in [-0.15, -0.1) is 0 Å². The fourth-order valence-corrected chi connectivity index (χ4v) is 2.80. The van der Waals surface area contributed by atoms with Gasteiger partial charge >= 0.3 is 5.97 Å². The molecule has 1 unspecified atom stereocenters. The summed E-state index contributed by atoms with van der Waals surface area (Å²) in [5.41, 5.74) is 0.900. The third-order valence-corrected chi connectivity index (χ3v) is 3.97. The van der Waals surface area contributed by atoms with Crippen LogP contribution in [0.15, 0.2) is 23.0 Å². The van der Waals surface area contributed by atoms with E-state index in [4.69, 9.17) is 4.52 Å². The molecule has 8 nitrogen and oxygen atoms in total. The lowest BCUT2D eigenvalue weighted by atomic mass is 9.97. The second-order valence-electron chi connectivity index (χ2n) is 5.81. The molecular weight excluding hydrogens is 298 g/mol. The van der Waals surface area contributed by atoms with E-state index in [1.807, 2.05) is 14.1 Å². The molecule has 0 bridgehead atoms. The molecule has 3 rings (SSSR count). The summed E-state index contributed by atoms with van der Waals surface area (Å²) in [6.07, 6.45) is 4.88. The minimum absolute atomic E-state index is 0.0970. The van der Waals surface area contributed by atoms with Crippen LogP contribution in [0.2, 0.25) is 0 Å². The standard InChI is InChI=1S/C15H19N5O3/c1-19(2)15-17-13(23-18-15)10-4-3-7-20(9-10)12-5-6-16-8-11(12)14(21)22/h5-6,8,10H,3-4,7,9H2,1-2H3,(H,21,22). The van der Waals surface area contributed by atoms with Crippen molar-refractivity contribution in [2.24, 2.45) is 0 Å². The first-order valence-corrected chi connectivity index (χ1v) is 7.49. The number of aromatic carboxylic acids is 1. The Bertz CT molecular complexity index is 700. The lowest BCUT2D eigenvalue weighted by molar-refractivity contribution is 0.0697. The molecule has 1 N–H and O–H groups in total. The number of nitrogens with zero attached hydrogens (tertiary/aromatic N) is 5. The number of pyridine rings is 1. The van der Waals surface area contributed by atoms with Crippen molar-refractivity contribution in [1.29, 1.82) is 0 Å². The van der Waals surface area contributed by atoms with Gasteiger partial charge in [0, 0.05) is 39.6 Å². The summed E-state index contributed by atoms with van der Waals surface area (Å²) >= 11 is 0. The summed E-state index contributed by atoms with van der Waals surface area (Å²) < 4.78 is 5.37. The van der Waals surface area contributed by atoms with Gasteiger partial charge in [0.25, 0.3) is 5.95 Å². The van der Waals surface area contributed by atoms with Crippen molar-refractivity contribution in [1.82, 2.24) is 15.1 Å². The zero-order chi connectivity index (χ0) is 16.4. The Kier molecular flexibility index (Phi) is 4.14. The topological polar surface area (TPSA) is 95.6 Å². The quantitative estimate of drug-likeness (QED) is 0.908. The van der Waals surface area contributed by atoms with Crippen molar-refractivity contribution in [2.45, 2.75) is 18.8 Å². The van der Waals surface area contributed by atoms with E-state index in [1.54, 1.807) is 17.2 Å². The van der Waals surface area contributed by atoms with Crippen molar-refractivity contribution in [3.05, 3.63) is 29.9 Å². The van der Waals surface area contributed by atoms with Crippen molar-refractivity contribution in [2.75, 3.05) is 37.0 Å². The lowest BCUT2D eigenvalue weighted by Crippen LogP contribution is -2.35. The van der Waals surface area contributed by atoms with Gasteiger partial charge in [-0.1, -0.05) is 0 Å².